The third kappa shape index (κ3) is 6.56. The smallest absolute Gasteiger partial charge is 0.125 e. The molecule has 2 saturated heterocycles. The van der Waals surface area contributed by atoms with Crippen molar-refractivity contribution in [2.24, 2.45) is 5.92 Å². The number of halogens is 2. The molecule has 2 fully saturated rings. The Kier molecular flexibility index (Phi) is 8.22. The average Bonchev–Trinajstić information content (AvgIpc) is 3.84. The maximum absolute atomic E-state index is 13.3. The van der Waals surface area contributed by atoms with E-state index < -0.39 is 5.60 Å². The molecule has 0 atom stereocenters. The zero-order valence-electron chi connectivity index (χ0n) is 24.9. The zero-order chi connectivity index (χ0) is 30.8. The quantitative estimate of drug-likeness (QED) is 0.204. The summed E-state index contributed by atoms with van der Waals surface area (Å²) in [6.45, 7) is 4.25. The Balaban J connectivity index is 0.000000145. The van der Waals surface area contributed by atoms with Crippen LogP contribution in [0, 0.1) is 17.6 Å². The van der Waals surface area contributed by atoms with Crippen LogP contribution in [0.4, 0.5) is 8.78 Å². The Morgan fingerprint density at radius 2 is 1.31 bits per heavy atom. The number of hydrogen-bond acceptors (Lipinski definition) is 5. The van der Waals surface area contributed by atoms with E-state index in [4.69, 9.17) is 9.47 Å². The van der Waals surface area contributed by atoms with Crippen LogP contribution in [0.2, 0.25) is 0 Å². The van der Waals surface area contributed by atoms with Crippen molar-refractivity contribution in [3.8, 4) is 22.3 Å². The predicted octanol–water partition coefficient (Wildman–Crippen LogP) is 6.31. The van der Waals surface area contributed by atoms with E-state index in [2.05, 4.69) is 26.4 Å². The van der Waals surface area contributed by atoms with Gasteiger partial charge in [-0.1, -0.05) is 0 Å². The summed E-state index contributed by atoms with van der Waals surface area (Å²) >= 11 is 0. The van der Waals surface area contributed by atoms with Crippen LogP contribution in [0.15, 0.2) is 73.6 Å². The largest absolute Gasteiger partial charge is 0.388 e. The number of aromatic nitrogens is 6. The van der Waals surface area contributed by atoms with Gasteiger partial charge in [0.2, 0.25) is 0 Å². The van der Waals surface area contributed by atoms with Gasteiger partial charge in [0.1, 0.15) is 11.6 Å². The van der Waals surface area contributed by atoms with Crippen LogP contribution in [0.25, 0.3) is 44.1 Å². The molecule has 8 rings (SSSR count). The van der Waals surface area contributed by atoms with Gasteiger partial charge in [-0.25, -0.2) is 8.78 Å². The number of aromatic amines is 2. The van der Waals surface area contributed by atoms with Crippen molar-refractivity contribution in [3.05, 3.63) is 85.2 Å². The molecule has 2 aliphatic rings. The second-order valence-corrected chi connectivity index (χ2v) is 12.1. The van der Waals surface area contributed by atoms with Crippen molar-refractivity contribution in [1.82, 2.24) is 29.5 Å². The van der Waals surface area contributed by atoms with Gasteiger partial charge < -0.3 is 24.5 Å². The minimum absolute atomic E-state index is 0.226. The van der Waals surface area contributed by atoms with Crippen molar-refractivity contribution in [3.63, 3.8) is 0 Å². The van der Waals surface area contributed by atoms with Gasteiger partial charge in [-0.3, -0.25) is 9.36 Å². The molecule has 2 aliphatic heterocycles. The van der Waals surface area contributed by atoms with Gasteiger partial charge in [0, 0.05) is 115 Å². The summed E-state index contributed by atoms with van der Waals surface area (Å²) in [7, 11) is 0. The minimum Gasteiger partial charge on any atom is -0.388 e. The molecule has 2 aromatic carbocycles. The van der Waals surface area contributed by atoms with Crippen LogP contribution in [0.1, 0.15) is 25.7 Å². The molecule has 6 aromatic rings. The fraction of sp³-hybridized carbons (Fsp3) is 0.353. The highest BCUT2D eigenvalue weighted by Crippen LogP contribution is 2.31. The summed E-state index contributed by atoms with van der Waals surface area (Å²) in [6.07, 6.45) is 14.8. The SMILES string of the molecule is Fc1ccc2c(-c3cnn(CC4CCOCC4)c3)c[nH]c2c1.OC1(Cn2cc(-c3c[nH]c4cc(F)ccc34)cn2)CCOCC1. The summed E-state index contributed by atoms with van der Waals surface area (Å²) in [6, 6.07) is 9.52. The summed E-state index contributed by atoms with van der Waals surface area (Å²) < 4.78 is 41.0. The monoisotopic (exact) mass is 614 g/mol. The zero-order valence-corrected chi connectivity index (χ0v) is 24.9. The molecule has 0 spiro atoms. The van der Waals surface area contributed by atoms with E-state index in [0.717, 1.165) is 76.7 Å². The van der Waals surface area contributed by atoms with Crippen molar-refractivity contribution < 1.29 is 23.4 Å². The lowest BCUT2D eigenvalue weighted by molar-refractivity contribution is -0.0744. The maximum atomic E-state index is 13.3. The lowest BCUT2D eigenvalue weighted by Gasteiger charge is -2.31. The van der Waals surface area contributed by atoms with Gasteiger partial charge in [-0.2, -0.15) is 10.2 Å². The molecule has 11 heteroatoms. The molecular weight excluding hydrogens is 578 g/mol. The normalized spacial score (nSPS) is 17.0. The van der Waals surface area contributed by atoms with Crippen LogP contribution in [0.5, 0.6) is 0 Å². The summed E-state index contributed by atoms with van der Waals surface area (Å²) in [5.41, 5.74) is 4.86. The fourth-order valence-electron chi connectivity index (χ4n) is 6.27. The molecule has 9 nitrogen and oxygen atoms in total. The summed E-state index contributed by atoms with van der Waals surface area (Å²) in [5.74, 6) is 0.151. The Morgan fingerprint density at radius 3 is 1.91 bits per heavy atom. The summed E-state index contributed by atoms with van der Waals surface area (Å²) in [5, 5.41) is 21.4. The van der Waals surface area contributed by atoms with Crippen LogP contribution < -0.4 is 0 Å². The number of ether oxygens (including phenoxy) is 2. The third-order valence-corrected chi connectivity index (χ3v) is 8.84. The summed E-state index contributed by atoms with van der Waals surface area (Å²) in [4.78, 5) is 6.21. The number of hydrogen-bond donors (Lipinski definition) is 3. The van der Waals surface area contributed by atoms with Crippen LogP contribution >= 0.6 is 0 Å². The molecule has 0 radical (unpaired) electrons. The van der Waals surface area contributed by atoms with E-state index in [-0.39, 0.29) is 11.6 Å². The third-order valence-electron chi connectivity index (χ3n) is 8.84. The number of aliphatic hydroxyl groups is 1. The molecule has 0 bridgehead atoms. The van der Waals surface area contributed by atoms with E-state index in [1.807, 2.05) is 35.5 Å². The lowest BCUT2D eigenvalue weighted by Crippen LogP contribution is -2.40. The second-order valence-electron chi connectivity index (χ2n) is 12.1. The van der Waals surface area contributed by atoms with Crippen molar-refractivity contribution >= 4 is 21.8 Å². The van der Waals surface area contributed by atoms with Gasteiger partial charge in [0.05, 0.1) is 24.5 Å². The molecule has 0 saturated carbocycles. The fourth-order valence-corrected chi connectivity index (χ4v) is 6.27. The second kappa shape index (κ2) is 12.6. The molecule has 0 unspecified atom stereocenters. The first-order valence-electron chi connectivity index (χ1n) is 15.4. The van der Waals surface area contributed by atoms with Gasteiger partial charge in [-0.05, 0) is 55.2 Å². The van der Waals surface area contributed by atoms with Gasteiger partial charge in [0.25, 0.3) is 0 Å². The number of H-pyrrole nitrogens is 2. The first kappa shape index (κ1) is 29.4. The standard InChI is InChI=1S/C17H18FN3O2.C17H18FN3O/c18-13-1-2-14-15(9-19-16(14)7-13)12-8-20-21(10-12)11-17(22)3-5-23-6-4-17;18-14-1-2-15-16(9-19-17(15)7-14)13-8-20-21(11-13)10-12-3-5-22-6-4-12/h1-2,7-10,19,22H,3-6,11H2;1-2,7-9,11-12,19H,3-6,10H2. The molecule has 0 amide bonds. The molecular formula is C34H36F2N6O3. The molecule has 4 aromatic heterocycles. The van der Waals surface area contributed by atoms with E-state index in [1.165, 1.54) is 24.3 Å². The van der Waals surface area contributed by atoms with Gasteiger partial charge >= 0.3 is 0 Å². The Morgan fingerprint density at radius 1 is 0.778 bits per heavy atom. The van der Waals surface area contributed by atoms with Gasteiger partial charge in [0.15, 0.2) is 0 Å². The van der Waals surface area contributed by atoms with Crippen molar-refractivity contribution in [1.29, 1.82) is 0 Å². The Labute approximate surface area is 258 Å². The molecule has 234 valence electrons. The van der Waals surface area contributed by atoms with E-state index in [1.54, 1.807) is 16.9 Å². The minimum atomic E-state index is -0.759. The van der Waals surface area contributed by atoms with Crippen LogP contribution in [0.3, 0.4) is 0 Å². The van der Waals surface area contributed by atoms with E-state index >= 15 is 0 Å². The van der Waals surface area contributed by atoms with Crippen molar-refractivity contribution in [2.75, 3.05) is 26.4 Å². The Hall–Kier alpha value is -4.32. The lowest BCUT2D eigenvalue weighted by atomic mass is 9.94. The highest BCUT2D eigenvalue weighted by Gasteiger charge is 2.30. The van der Waals surface area contributed by atoms with Crippen LogP contribution in [-0.2, 0) is 22.6 Å². The number of rotatable bonds is 6. The van der Waals surface area contributed by atoms with E-state index in [0.29, 0.717) is 38.5 Å². The highest BCUT2D eigenvalue weighted by molar-refractivity contribution is 5.96. The first-order chi connectivity index (χ1) is 21.9. The van der Waals surface area contributed by atoms with Gasteiger partial charge in [-0.15, -0.1) is 0 Å². The van der Waals surface area contributed by atoms with Crippen molar-refractivity contribution in [2.45, 2.75) is 44.4 Å². The number of nitrogens with zero attached hydrogens (tertiary/aromatic N) is 4. The van der Waals surface area contributed by atoms with E-state index in [9.17, 15) is 13.9 Å². The molecule has 3 N–H and O–H groups in total. The number of nitrogens with one attached hydrogen (secondary N) is 2. The molecule has 6 heterocycles. The number of fused-ring (bicyclic) bond motifs is 2. The number of benzene rings is 2. The average molecular weight is 615 g/mol. The molecule has 0 aliphatic carbocycles. The topological polar surface area (TPSA) is 106 Å². The first-order valence-corrected chi connectivity index (χ1v) is 15.4. The Bertz CT molecular complexity index is 1890. The maximum Gasteiger partial charge on any atom is 0.125 e. The van der Waals surface area contributed by atoms with Crippen LogP contribution in [-0.4, -0.2) is 66.7 Å². The molecule has 45 heavy (non-hydrogen) atoms. The highest BCUT2D eigenvalue weighted by atomic mass is 19.1. The predicted molar refractivity (Wildman–Crippen MR) is 168 cm³/mol.